The van der Waals surface area contributed by atoms with E-state index in [2.05, 4.69) is 5.32 Å². The van der Waals surface area contributed by atoms with Gasteiger partial charge in [0.05, 0.1) is 0 Å². The van der Waals surface area contributed by atoms with Gasteiger partial charge in [0.15, 0.2) is 0 Å². The lowest BCUT2D eigenvalue weighted by Gasteiger charge is -2.24. The van der Waals surface area contributed by atoms with Crippen LogP contribution in [-0.2, 0) is 16.1 Å². The fourth-order valence-electron chi connectivity index (χ4n) is 2.49. The maximum atomic E-state index is 12.0. The molecule has 0 bridgehead atoms. The Hall–Kier alpha value is -2.24. The highest BCUT2D eigenvalue weighted by atomic mass is 16.6. The molecule has 1 fully saturated rings. The van der Waals surface area contributed by atoms with Crippen molar-refractivity contribution in [2.75, 3.05) is 19.6 Å². The van der Waals surface area contributed by atoms with Crippen LogP contribution < -0.4 is 5.32 Å². The fourth-order valence-corrected chi connectivity index (χ4v) is 2.49. The molecule has 0 spiro atoms. The molecule has 1 N–H and O–H groups in total. The molecule has 2 amide bonds. The molecule has 0 aliphatic carbocycles. The molecule has 1 saturated heterocycles. The summed E-state index contributed by atoms with van der Waals surface area (Å²) in [6, 6.07) is 9.53. The van der Waals surface area contributed by atoms with E-state index in [4.69, 9.17) is 9.47 Å². The van der Waals surface area contributed by atoms with E-state index < -0.39 is 11.7 Å². The zero-order valence-electron chi connectivity index (χ0n) is 16.6. The summed E-state index contributed by atoms with van der Waals surface area (Å²) in [7, 11) is 0. The van der Waals surface area contributed by atoms with Gasteiger partial charge >= 0.3 is 12.2 Å². The first kappa shape index (κ1) is 21.8. The van der Waals surface area contributed by atoms with Crippen LogP contribution in [0.25, 0.3) is 0 Å². The van der Waals surface area contributed by atoms with Crippen LogP contribution >= 0.6 is 0 Å². The number of amides is 2. The van der Waals surface area contributed by atoms with Gasteiger partial charge in [0.2, 0.25) is 0 Å². The zero-order chi connectivity index (χ0) is 19.6. The normalized spacial score (nSPS) is 16.3. The van der Waals surface area contributed by atoms with Crippen LogP contribution in [0.1, 0.15) is 46.6 Å². The van der Waals surface area contributed by atoms with Gasteiger partial charge in [0.1, 0.15) is 12.2 Å². The van der Waals surface area contributed by atoms with E-state index in [0.29, 0.717) is 19.6 Å². The predicted octanol–water partition coefficient (Wildman–Crippen LogP) is 4.20. The van der Waals surface area contributed by atoms with E-state index in [-0.39, 0.29) is 18.6 Å². The first-order valence-electron chi connectivity index (χ1n) is 9.26. The van der Waals surface area contributed by atoms with E-state index in [1.807, 2.05) is 65.0 Å². The van der Waals surface area contributed by atoms with Crippen LogP contribution in [0.5, 0.6) is 0 Å². The molecule has 1 heterocycles. The molecule has 1 aliphatic rings. The summed E-state index contributed by atoms with van der Waals surface area (Å²) in [5, 5.41) is 2.76. The molecular formula is C20H32N2O4. The highest BCUT2D eigenvalue weighted by molar-refractivity contribution is 5.69. The number of carbonyl (C=O) groups is 2. The number of likely N-dealkylation sites (tertiary alicyclic amines) is 1. The number of nitrogens with zero attached hydrogens (tertiary/aromatic N) is 1. The Kier molecular flexibility index (Phi) is 8.96. The van der Waals surface area contributed by atoms with Crippen LogP contribution in [0.15, 0.2) is 30.3 Å². The Bertz CT molecular complexity index is 555. The molecule has 6 heteroatoms. The highest BCUT2D eigenvalue weighted by Crippen LogP contribution is 2.19. The van der Waals surface area contributed by atoms with Crippen LogP contribution in [0, 0.1) is 5.92 Å². The van der Waals surface area contributed by atoms with Gasteiger partial charge in [0.25, 0.3) is 0 Å². The van der Waals surface area contributed by atoms with Crippen molar-refractivity contribution < 1.29 is 19.1 Å². The average Bonchev–Trinajstić information content (AvgIpc) is 3.09. The molecule has 6 nitrogen and oxygen atoms in total. The van der Waals surface area contributed by atoms with Gasteiger partial charge in [-0.25, -0.2) is 9.59 Å². The van der Waals surface area contributed by atoms with Crippen LogP contribution in [-0.4, -0.2) is 42.3 Å². The van der Waals surface area contributed by atoms with E-state index in [1.54, 1.807) is 4.90 Å². The molecule has 1 aromatic carbocycles. The van der Waals surface area contributed by atoms with Crippen molar-refractivity contribution in [1.82, 2.24) is 10.2 Å². The maximum Gasteiger partial charge on any atom is 0.410 e. The van der Waals surface area contributed by atoms with Crippen molar-refractivity contribution in [3.8, 4) is 0 Å². The van der Waals surface area contributed by atoms with E-state index in [1.165, 1.54) is 0 Å². The Balaban J connectivity index is 0.00000163. The van der Waals surface area contributed by atoms with Gasteiger partial charge < -0.3 is 19.7 Å². The second-order valence-electron chi connectivity index (χ2n) is 7.02. The molecule has 1 atom stereocenters. The summed E-state index contributed by atoms with van der Waals surface area (Å²) in [6.45, 7) is 11.5. The molecule has 1 unspecified atom stereocenters. The second kappa shape index (κ2) is 10.7. The van der Waals surface area contributed by atoms with Crippen LogP contribution in [0.2, 0.25) is 0 Å². The minimum Gasteiger partial charge on any atom is -0.445 e. The summed E-state index contributed by atoms with van der Waals surface area (Å²) in [6.07, 6.45) is 0.115. The number of ether oxygens (including phenoxy) is 2. The summed E-state index contributed by atoms with van der Waals surface area (Å²) in [5.41, 5.74) is 0.457. The highest BCUT2D eigenvalue weighted by Gasteiger charge is 2.29. The number of nitrogens with one attached hydrogen (secondary N) is 1. The smallest absolute Gasteiger partial charge is 0.410 e. The van der Waals surface area contributed by atoms with Crippen molar-refractivity contribution >= 4 is 12.2 Å². The molecule has 146 valence electrons. The Labute approximate surface area is 156 Å². The van der Waals surface area contributed by atoms with Gasteiger partial charge in [-0.15, -0.1) is 0 Å². The fraction of sp³-hybridized carbons (Fsp3) is 0.600. The Morgan fingerprint density at radius 1 is 1.19 bits per heavy atom. The maximum absolute atomic E-state index is 12.0. The third kappa shape index (κ3) is 8.23. The molecule has 2 rings (SSSR count). The first-order valence-corrected chi connectivity index (χ1v) is 9.26. The lowest BCUT2D eigenvalue weighted by atomic mass is 10.1. The molecule has 26 heavy (non-hydrogen) atoms. The number of benzene rings is 1. The standard InChI is InChI=1S/C18H26N2O4.C2H6/c1-18(2,3)24-17(22)20-10-9-15(12-20)11-19-16(21)23-13-14-7-5-4-6-8-14;1-2/h4-8,15H,9-13H2,1-3H3,(H,19,21);1-2H3. The second-order valence-corrected chi connectivity index (χ2v) is 7.02. The SMILES string of the molecule is CC.CC(C)(C)OC(=O)N1CCC(CNC(=O)OCc2ccccc2)C1. The molecule has 1 aliphatic heterocycles. The van der Waals surface area contributed by atoms with Crippen molar-refractivity contribution in [3.05, 3.63) is 35.9 Å². The minimum absolute atomic E-state index is 0.224. The number of hydrogen-bond donors (Lipinski definition) is 1. The molecule has 0 saturated carbocycles. The van der Waals surface area contributed by atoms with E-state index in [0.717, 1.165) is 12.0 Å². The third-order valence-corrected chi connectivity index (χ3v) is 3.69. The largest absolute Gasteiger partial charge is 0.445 e. The first-order chi connectivity index (χ1) is 12.3. The lowest BCUT2D eigenvalue weighted by molar-refractivity contribution is 0.0288. The summed E-state index contributed by atoms with van der Waals surface area (Å²) >= 11 is 0. The van der Waals surface area contributed by atoms with Gasteiger partial charge in [-0.1, -0.05) is 44.2 Å². The van der Waals surface area contributed by atoms with Crippen LogP contribution in [0.4, 0.5) is 9.59 Å². The number of alkyl carbamates (subject to hydrolysis) is 1. The van der Waals surface area contributed by atoms with Crippen molar-refractivity contribution in [2.24, 2.45) is 5.92 Å². The number of hydrogen-bond acceptors (Lipinski definition) is 4. The molecule has 1 aromatic rings. The van der Waals surface area contributed by atoms with Gasteiger partial charge in [-0.3, -0.25) is 0 Å². The van der Waals surface area contributed by atoms with Gasteiger partial charge in [0, 0.05) is 19.6 Å². The average molecular weight is 364 g/mol. The van der Waals surface area contributed by atoms with E-state index >= 15 is 0 Å². The Morgan fingerprint density at radius 3 is 2.46 bits per heavy atom. The summed E-state index contributed by atoms with van der Waals surface area (Å²) in [5.74, 6) is 0.224. The summed E-state index contributed by atoms with van der Waals surface area (Å²) in [4.78, 5) is 25.4. The molecule has 0 radical (unpaired) electrons. The monoisotopic (exact) mass is 364 g/mol. The topological polar surface area (TPSA) is 67.9 Å². The number of carbonyl (C=O) groups excluding carboxylic acids is 2. The zero-order valence-corrected chi connectivity index (χ0v) is 16.6. The van der Waals surface area contributed by atoms with Gasteiger partial charge in [-0.2, -0.15) is 0 Å². The van der Waals surface area contributed by atoms with Crippen molar-refractivity contribution in [3.63, 3.8) is 0 Å². The third-order valence-electron chi connectivity index (χ3n) is 3.69. The van der Waals surface area contributed by atoms with Crippen LogP contribution in [0.3, 0.4) is 0 Å². The molecule has 0 aromatic heterocycles. The van der Waals surface area contributed by atoms with Gasteiger partial charge in [-0.05, 0) is 38.7 Å². The number of rotatable bonds is 4. The van der Waals surface area contributed by atoms with Crippen molar-refractivity contribution in [2.45, 2.75) is 53.2 Å². The minimum atomic E-state index is -0.491. The quantitative estimate of drug-likeness (QED) is 0.869. The van der Waals surface area contributed by atoms with E-state index in [9.17, 15) is 9.59 Å². The Morgan fingerprint density at radius 2 is 1.85 bits per heavy atom. The molecular weight excluding hydrogens is 332 g/mol. The van der Waals surface area contributed by atoms with Crippen molar-refractivity contribution in [1.29, 1.82) is 0 Å². The predicted molar refractivity (Wildman–Crippen MR) is 102 cm³/mol. The summed E-state index contributed by atoms with van der Waals surface area (Å²) < 4.78 is 10.5. The lowest BCUT2D eigenvalue weighted by Crippen LogP contribution is -2.36.